The van der Waals surface area contributed by atoms with E-state index < -0.39 is 23.4 Å². The number of nitrogens with zero attached hydrogens (tertiary/aromatic N) is 1. The zero-order valence-electron chi connectivity index (χ0n) is 10.4. The highest BCUT2D eigenvalue weighted by Crippen LogP contribution is 2.26. The summed E-state index contributed by atoms with van der Waals surface area (Å²) in [5.41, 5.74) is -0.250. The van der Waals surface area contributed by atoms with Gasteiger partial charge in [0.05, 0.1) is 5.69 Å². The summed E-state index contributed by atoms with van der Waals surface area (Å²) in [7, 11) is 0. The summed E-state index contributed by atoms with van der Waals surface area (Å²) in [4.78, 5) is 25.0. The first-order valence-corrected chi connectivity index (χ1v) is 6.74. The molecule has 1 saturated heterocycles. The Labute approximate surface area is 122 Å². The second-order valence-electron chi connectivity index (χ2n) is 4.24. The van der Waals surface area contributed by atoms with Crippen LogP contribution in [0.15, 0.2) is 16.6 Å². The maximum atomic E-state index is 13.6. The van der Waals surface area contributed by atoms with Crippen LogP contribution < -0.4 is 10.6 Å². The molecule has 0 atom stereocenters. The Hall–Kier alpha value is -1.54. The number of carbonyl (C=O) groups excluding carboxylic acids is 2. The van der Waals surface area contributed by atoms with Gasteiger partial charge in [-0.1, -0.05) is 0 Å². The number of hydrogen-bond donors (Lipinski definition) is 2. The van der Waals surface area contributed by atoms with Gasteiger partial charge in [-0.05, 0) is 22.0 Å². The molecule has 2 N–H and O–H groups in total. The Morgan fingerprint density at radius 2 is 1.90 bits per heavy atom. The highest BCUT2D eigenvalue weighted by Gasteiger charge is 2.24. The van der Waals surface area contributed by atoms with Crippen molar-refractivity contribution in [2.45, 2.75) is 0 Å². The van der Waals surface area contributed by atoms with Gasteiger partial charge in [-0.25, -0.2) is 8.78 Å². The van der Waals surface area contributed by atoms with Crippen LogP contribution in [0.2, 0.25) is 0 Å². The number of hydrogen-bond acceptors (Lipinski definition) is 3. The number of piperazine rings is 1. The molecule has 1 aromatic rings. The van der Waals surface area contributed by atoms with Crippen molar-refractivity contribution in [2.75, 3.05) is 31.5 Å². The summed E-state index contributed by atoms with van der Waals surface area (Å²) in [6, 6.07) is 1.64. The lowest BCUT2D eigenvalue weighted by atomic mass is 10.3. The molecular formula is C12H12BrF2N3O2. The molecule has 1 heterocycles. The first-order chi connectivity index (χ1) is 9.49. The van der Waals surface area contributed by atoms with Gasteiger partial charge in [-0.3, -0.25) is 9.59 Å². The van der Waals surface area contributed by atoms with Crippen LogP contribution in [-0.4, -0.2) is 42.9 Å². The van der Waals surface area contributed by atoms with Gasteiger partial charge in [0.1, 0.15) is 5.82 Å². The number of carbonyl (C=O) groups is 2. The Kier molecular flexibility index (Phi) is 4.66. The normalized spacial score (nSPS) is 15.1. The molecule has 1 aliphatic heterocycles. The van der Waals surface area contributed by atoms with Gasteiger partial charge < -0.3 is 15.5 Å². The molecule has 0 unspecified atom stereocenters. The largest absolute Gasteiger partial charge is 0.332 e. The fraction of sp³-hybridized carbons (Fsp3) is 0.333. The van der Waals surface area contributed by atoms with Crippen LogP contribution in [0.1, 0.15) is 0 Å². The number of amides is 2. The van der Waals surface area contributed by atoms with E-state index in [1.165, 1.54) is 4.90 Å². The maximum absolute atomic E-state index is 13.6. The predicted octanol–water partition coefficient (Wildman–Crippen LogP) is 1.10. The summed E-state index contributed by atoms with van der Waals surface area (Å²) >= 11 is 2.94. The van der Waals surface area contributed by atoms with Crippen molar-refractivity contribution in [1.82, 2.24) is 10.2 Å². The average Bonchev–Trinajstić information content (AvgIpc) is 2.42. The van der Waals surface area contributed by atoms with Gasteiger partial charge in [0.25, 0.3) is 0 Å². The van der Waals surface area contributed by atoms with Crippen LogP contribution in [0.25, 0.3) is 0 Å². The minimum Gasteiger partial charge on any atom is -0.332 e. The molecule has 0 spiro atoms. The van der Waals surface area contributed by atoms with E-state index in [9.17, 15) is 18.4 Å². The Bertz CT molecular complexity index is 524. The van der Waals surface area contributed by atoms with E-state index in [-0.39, 0.29) is 10.2 Å². The Morgan fingerprint density at radius 1 is 1.25 bits per heavy atom. The average molecular weight is 348 g/mol. The molecule has 2 amide bonds. The number of benzene rings is 1. The van der Waals surface area contributed by atoms with E-state index in [1.807, 2.05) is 0 Å². The van der Waals surface area contributed by atoms with Crippen molar-refractivity contribution in [3.8, 4) is 0 Å². The van der Waals surface area contributed by atoms with Gasteiger partial charge in [-0.2, -0.15) is 0 Å². The molecule has 8 heteroatoms. The molecule has 1 aromatic carbocycles. The molecule has 108 valence electrons. The van der Waals surface area contributed by atoms with Crippen LogP contribution in [0.4, 0.5) is 14.5 Å². The molecule has 0 saturated carbocycles. The fourth-order valence-electron chi connectivity index (χ4n) is 1.84. The van der Waals surface area contributed by atoms with Gasteiger partial charge in [0.2, 0.25) is 0 Å². The van der Waals surface area contributed by atoms with Gasteiger partial charge in [0, 0.05) is 36.7 Å². The van der Waals surface area contributed by atoms with Crippen molar-refractivity contribution < 1.29 is 18.4 Å². The van der Waals surface area contributed by atoms with Crippen molar-refractivity contribution in [2.24, 2.45) is 0 Å². The first-order valence-electron chi connectivity index (χ1n) is 5.94. The summed E-state index contributed by atoms with van der Waals surface area (Å²) in [6.45, 7) is 2.04. The molecule has 0 bridgehead atoms. The second-order valence-corrected chi connectivity index (χ2v) is 5.10. The van der Waals surface area contributed by atoms with E-state index in [0.29, 0.717) is 32.2 Å². The van der Waals surface area contributed by atoms with E-state index in [4.69, 9.17) is 0 Å². The molecular weight excluding hydrogens is 336 g/mol. The molecule has 0 aromatic heterocycles. The zero-order chi connectivity index (χ0) is 14.7. The summed E-state index contributed by atoms with van der Waals surface area (Å²) < 4.78 is 26.5. The lowest BCUT2D eigenvalue weighted by Crippen LogP contribution is -2.50. The molecule has 2 rings (SSSR count). The summed E-state index contributed by atoms with van der Waals surface area (Å²) in [5, 5.41) is 5.21. The van der Waals surface area contributed by atoms with Crippen LogP contribution in [0, 0.1) is 11.6 Å². The molecule has 5 nitrogen and oxygen atoms in total. The molecule has 1 fully saturated rings. The third kappa shape index (κ3) is 3.31. The summed E-state index contributed by atoms with van der Waals surface area (Å²) in [5.74, 6) is -3.40. The van der Waals surface area contributed by atoms with Crippen LogP contribution >= 0.6 is 15.9 Å². The van der Waals surface area contributed by atoms with Crippen molar-refractivity contribution in [3.63, 3.8) is 0 Å². The fourth-order valence-corrected chi connectivity index (χ4v) is 2.35. The smallest absolute Gasteiger partial charge is 0.314 e. The maximum Gasteiger partial charge on any atom is 0.314 e. The van der Waals surface area contributed by atoms with Crippen LogP contribution in [0.3, 0.4) is 0 Å². The van der Waals surface area contributed by atoms with E-state index in [2.05, 4.69) is 26.6 Å². The monoisotopic (exact) mass is 347 g/mol. The lowest BCUT2D eigenvalue weighted by molar-refractivity contribution is -0.143. The number of halogens is 3. The topological polar surface area (TPSA) is 61.4 Å². The standard InChI is InChI=1S/C12H12BrF2N3O2/c13-8-5-7(14)6-9(15)10(8)17-11(19)12(20)18-3-1-16-2-4-18/h5-6,16H,1-4H2,(H,17,19). The molecule has 0 aliphatic carbocycles. The molecule has 1 aliphatic rings. The SMILES string of the molecule is O=C(Nc1c(F)cc(F)cc1Br)C(=O)N1CCNCC1. The van der Waals surface area contributed by atoms with Gasteiger partial charge in [-0.15, -0.1) is 0 Å². The predicted molar refractivity (Wildman–Crippen MR) is 72.1 cm³/mol. The quantitative estimate of drug-likeness (QED) is 0.748. The molecule has 20 heavy (non-hydrogen) atoms. The van der Waals surface area contributed by atoms with E-state index >= 15 is 0 Å². The zero-order valence-corrected chi connectivity index (χ0v) is 12.0. The number of anilines is 1. The third-order valence-corrected chi connectivity index (χ3v) is 3.47. The van der Waals surface area contributed by atoms with Gasteiger partial charge >= 0.3 is 11.8 Å². The Balaban J connectivity index is 2.09. The Morgan fingerprint density at radius 3 is 2.50 bits per heavy atom. The van der Waals surface area contributed by atoms with E-state index in [0.717, 1.165) is 6.07 Å². The van der Waals surface area contributed by atoms with Crippen molar-refractivity contribution in [3.05, 3.63) is 28.2 Å². The first kappa shape index (κ1) is 14.9. The number of nitrogens with one attached hydrogen (secondary N) is 2. The minimum absolute atomic E-state index is 0.0384. The van der Waals surface area contributed by atoms with Crippen molar-refractivity contribution in [1.29, 1.82) is 0 Å². The van der Waals surface area contributed by atoms with Crippen LogP contribution in [-0.2, 0) is 9.59 Å². The molecule has 0 radical (unpaired) electrons. The van der Waals surface area contributed by atoms with Crippen molar-refractivity contribution >= 4 is 33.4 Å². The summed E-state index contributed by atoms with van der Waals surface area (Å²) in [6.07, 6.45) is 0. The highest BCUT2D eigenvalue weighted by atomic mass is 79.9. The lowest BCUT2D eigenvalue weighted by Gasteiger charge is -2.26. The van der Waals surface area contributed by atoms with E-state index in [1.54, 1.807) is 0 Å². The van der Waals surface area contributed by atoms with Crippen LogP contribution in [0.5, 0.6) is 0 Å². The minimum atomic E-state index is -0.946. The second kappa shape index (κ2) is 6.27. The third-order valence-electron chi connectivity index (χ3n) is 2.84. The van der Waals surface area contributed by atoms with Gasteiger partial charge in [0.15, 0.2) is 5.82 Å². The number of rotatable bonds is 1. The highest BCUT2D eigenvalue weighted by molar-refractivity contribution is 9.10.